The van der Waals surface area contributed by atoms with Crippen LogP contribution in [0.4, 0.5) is 0 Å². The van der Waals surface area contributed by atoms with Crippen molar-refractivity contribution in [2.45, 2.75) is 32.7 Å². The first-order valence-electron chi connectivity index (χ1n) is 3.62. The fraction of sp³-hybridized carbons (Fsp3) is 1.00. The first-order valence-corrected chi connectivity index (χ1v) is 3.62. The molecule has 0 bridgehead atoms. The van der Waals surface area contributed by atoms with Gasteiger partial charge in [0.25, 0.3) is 0 Å². The first-order chi connectivity index (χ1) is 4.16. The summed E-state index contributed by atoms with van der Waals surface area (Å²) in [5.74, 6) is 0.752. The maximum absolute atomic E-state index is 5.60. The summed E-state index contributed by atoms with van der Waals surface area (Å²) in [6, 6.07) is 0.215. The van der Waals surface area contributed by atoms with E-state index in [0.717, 1.165) is 12.3 Å². The predicted molar refractivity (Wildman–Crippen MR) is 41.1 cm³/mol. The van der Waals surface area contributed by atoms with Crippen molar-refractivity contribution in [3.63, 3.8) is 0 Å². The van der Waals surface area contributed by atoms with Crippen LogP contribution in [0.2, 0.25) is 0 Å². The summed E-state index contributed by atoms with van der Waals surface area (Å²) in [6.07, 6.45) is 2.26. The minimum Gasteiger partial charge on any atom is -0.329 e. The van der Waals surface area contributed by atoms with Gasteiger partial charge in [-0.25, -0.2) is 0 Å². The SMILES string of the molecule is CC(C)CC[C@@H](N)CN. The maximum atomic E-state index is 5.60. The third-order valence-corrected chi connectivity index (χ3v) is 1.42. The monoisotopic (exact) mass is 130 g/mol. The Bertz CT molecular complexity index is 61.9. The van der Waals surface area contributed by atoms with Gasteiger partial charge in [0, 0.05) is 12.6 Å². The van der Waals surface area contributed by atoms with Crippen molar-refractivity contribution >= 4 is 0 Å². The maximum Gasteiger partial charge on any atom is 0.0163 e. The number of hydrogen-bond donors (Lipinski definition) is 2. The Hall–Kier alpha value is -0.0800. The Morgan fingerprint density at radius 3 is 2.11 bits per heavy atom. The van der Waals surface area contributed by atoms with E-state index < -0.39 is 0 Å². The molecule has 0 aliphatic heterocycles. The fourth-order valence-electron chi connectivity index (χ4n) is 0.665. The third kappa shape index (κ3) is 5.80. The van der Waals surface area contributed by atoms with Crippen LogP contribution in [0.15, 0.2) is 0 Å². The molecule has 0 aliphatic rings. The predicted octanol–water partition coefficient (Wildman–Crippen LogP) is 0.709. The second-order valence-corrected chi connectivity index (χ2v) is 2.97. The highest BCUT2D eigenvalue weighted by Crippen LogP contribution is 2.04. The lowest BCUT2D eigenvalue weighted by atomic mass is 10.0. The molecular weight excluding hydrogens is 112 g/mol. The molecule has 9 heavy (non-hydrogen) atoms. The Morgan fingerprint density at radius 2 is 1.78 bits per heavy atom. The van der Waals surface area contributed by atoms with Gasteiger partial charge in [0.15, 0.2) is 0 Å². The molecule has 0 aromatic carbocycles. The van der Waals surface area contributed by atoms with Crippen LogP contribution in [0.5, 0.6) is 0 Å². The van der Waals surface area contributed by atoms with Crippen LogP contribution in [-0.2, 0) is 0 Å². The van der Waals surface area contributed by atoms with Gasteiger partial charge in [-0.1, -0.05) is 13.8 Å². The van der Waals surface area contributed by atoms with E-state index in [9.17, 15) is 0 Å². The van der Waals surface area contributed by atoms with E-state index in [-0.39, 0.29) is 6.04 Å². The Morgan fingerprint density at radius 1 is 1.22 bits per heavy atom. The summed E-state index contributed by atoms with van der Waals surface area (Å²) in [7, 11) is 0. The molecule has 0 amide bonds. The second kappa shape index (κ2) is 4.77. The molecule has 0 unspecified atom stereocenters. The summed E-state index contributed by atoms with van der Waals surface area (Å²) in [5, 5.41) is 0. The van der Waals surface area contributed by atoms with Gasteiger partial charge in [0.05, 0.1) is 0 Å². The largest absolute Gasteiger partial charge is 0.329 e. The van der Waals surface area contributed by atoms with Gasteiger partial charge in [-0.05, 0) is 18.8 Å². The number of hydrogen-bond acceptors (Lipinski definition) is 2. The topological polar surface area (TPSA) is 52.0 Å². The van der Waals surface area contributed by atoms with Crippen molar-refractivity contribution < 1.29 is 0 Å². The van der Waals surface area contributed by atoms with Crippen LogP contribution >= 0.6 is 0 Å². The average molecular weight is 130 g/mol. The van der Waals surface area contributed by atoms with E-state index in [2.05, 4.69) is 13.8 Å². The van der Waals surface area contributed by atoms with E-state index >= 15 is 0 Å². The van der Waals surface area contributed by atoms with Crippen LogP contribution < -0.4 is 11.5 Å². The third-order valence-electron chi connectivity index (χ3n) is 1.42. The van der Waals surface area contributed by atoms with Crippen LogP contribution in [-0.4, -0.2) is 12.6 Å². The zero-order valence-corrected chi connectivity index (χ0v) is 6.43. The van der Waals surface area contributed by atoms with Crippen LogP contribution in [0.1, 0.15) is 26.7 Å². The quantitative estimate of drug-likeness (QED) is 0.589. The molecule has 0 saturated heterocycles. The van der Waals surface area contributed by atoms with Crippen molar-refractivity contribution in [3.05, 3.63) is 0 Å². The second-order valence-electron chi connectivity index (χ2n) is 2.97. The molecule has 2 heteroatoms. The lowest BCUT2D eigenvalue weighted by Gasteiger charge is -2.09. The highest BCUT2D eigenvalue weighted by molar-refractivity contribution is 4.61. The molecule has 0 rings (SSSR count). The molecule has 0 fully saturated rings. The summed E-state index contributed by atoms with van der Waals surface area (Å²) in [5.41, 5.74) is 10.9. The zero-order valence-electron chi connectivity index (χ0n) is 6.43. The lowest BCUT2D eigenvalue weighted by molar-refractivity contribution is 0.500. The Labute approximate surface area is 57.6 Å². The summed E-state index contributed by atoms with van der Waals surface area (Å²) >= 11 is 0. The molecule has 0 spiro atoms. The Kier molecular flexibility index (Phi) is 4.72. The average Bonchev–Trinajstić information content (AvgIpc) is 1.83. The van der Waals surface area contributed by atoms with Gasteiger partial charge in [-0.2, -0.15) is 0 Å². The number of nitrogens with two attached hydrogens (primary N) is 2. The molecule has 0 heterocycles. The molecule has 0 aliphatic carbocycles. The molecular formula is C7H18N2. The molecule has 0 saturated carbocycles. The lowest BCUT2D eigenvalue weighted by Crippen LogP contribution is -2.29. The van der Waals surface area contributed by atoms with Gasteiger partial charge in [-0.3, -0.25) is 0 Å². The van der Waals surface area contributed by atoms with Crippen LogP contribution in [0.3, 0.4) is 0 Å². The van der Waals surface area contributed by atoms with E-state index in [1.54, 1.807) is 0 Å². The van der Waals surface area contributed by atoms with Crippen molar-refractivity contribution in [2.75, 3.05) is 6.54 Å². The summed E-state index contributed by atoms with van der Waals surface area (Å²) in [6.45, 7) is 5.01. The van der Waals surface area contributed by atoms with Gasteiger partial charge < -0.3 is 11.5 Å². The van der Waals surface area contributed by atoms with Crippen molar-refractivity contribution in [3.8, 4) is 0 Å². The summed E-state index contributed by atoms with van der Waals surface area (Å²) < 4.78 is 0. The van der Waals surface area contributed by atoms with E-state index in [1.807, 2.05) is 0 Å². The molecule has 56 valence electrons. The fourth-order valence-corrected chi connectivity index (χ4v) is 0.665. The molecule has 0 aromatic heterocycles. The normalized spacial score (nSPS) is 14.3. The van der Waals surface area contributed by atoms with Crippen LogP contribution in [0, 0.1) is 5.92 Å². The minimum absolute atomic E-state index is 0.215. The van der Waals surface area contributed by atoms with Crippen molar-refractivity contribution in [2.24, 2.45) is 17.4 Å². The van der Waals surface area contributed by atoms with Crippen molar-refractivity contribution in [1.82, 2.24) is 0 Å². The molecule has 1 atom stereocenters. The van der Waals surface area contributed by atoms with Gasteiger partial charge in [0.1, 0.15) is 0 Å². The van der Waals surface area contributed by atoms with Crippen molar-refractivity contribution in [1.29, 1.82) is 0 Å². The van der Waals surface area contributed by atoms with E-state index in [1.165, 1.54) is 6.42 Å². The number of rotatable bonds is 4. The molecule has 0 radical (unpaired) electrons. The zero-order chi connectivity index (χ0) is 7.28. The first kappa shape index (κ1) is 8.92. The van der Waals surface area contributed by atoms with Crippen LogP contribution in [0.25, 0.3) is 0 Å². The minimum atomic E-state index is 0.215. The van der Waals surface area contributed by atoms with E-state index in [4.69, 9.17) is 11.5 Å². The highest BCUT2D eigenvalue weighted by atomic mass is 14.7. The molecule has 4 N–H and O–H groups in total. The standard InChI is InChI=1S/C7H18N2/c1-6(2)3-4-7(9)5-8/h6-7H,3-5,8-9H2,1-2H3/t7-/m1/s1. The van der Waals surface area contributed by atoms with Gasteiger partial charge >= 0.3 is 0 Å². The van der Waals surface area contributed by atoms with Gasteiger partial charge in [-0.15, -0.1) is 0 Å². The molecule has 0 aromatic rings. The highest BCUT2D eigenvalue weighted by Gasteiger charge is 1.99. The van der Waals surface area contributed by atoms with E-state index in [0.29, 0.717) is 6.54 Å². The Balaban J connectivity index is 3.06. The summed E-state index contributed by atoms with van der Waals surface area (Å²) in [4.78, 5) is 0. The van der Waals surface area contributed by atoms with Gasteiger partial charge in [0.2, 0.25) is 0 Å². The molecule has 2 nitrogen and oxygen atoms in total. The smallest absolute Gasteiger partial charge is 0.0163 e.